The van der Waals surface area contributed by atoms with Crippen LogP contribution >= 0.6 is 15.9 Å². The van der Waals surface area contributed by atoms with Gasteiger partial charge in [-0.25, -0.2) is 0 Å². The van der Waals surface area contributed by atoms with E-state index in [-0.39, 0.29) is 0 Å². The number of benzene rings is 1. The van der Waals surface area contributed by atoms with Gasteiger partial charge < -0.3 is 10.1 Å². The highest BCUT2D eigenvalue weighted by molar-refractivity contribution is 9.10. The third-order valence-electron chi connectivity index (χ3n) is 3.61. The molecule has 3 aromatic rings. The zero-order chi connectivity index (χ0) is 17.5. The van der Waals surface area contributed by atoms with Crippen molar-refractivity contribution in [1.82, 2.24) is 9.97 Å². The number of ether oxygens (including phenoxy) is 1. The Labute approximate surface area is 155 Å². The van der Waals surface area contributed by atoms with Crippen LogP contribution in [0.3, 0.4) is 0 Å². The largest absolute Gasteiger partial charge is 0.495 e. The van der Waals surface area contributed by atoms with E-state index in [1.165, 1.54) is 0 Å². The molecule has 0 bridgehead atoms. The number of nitrogens with zero attached hydrogens (tertiary/aromatic N) is 2. The second kappa shape index (κ2) is 8.44. The van der Waals surface area contributed by atoms with E-state index in [2.05, 4.69) is 55.5 Å². The van der Waals surface area contributed by atoms with Crippen molar-refractivity contribution in [3.05, 3.63) is 82.3 Å². The molecule has 5 heteroatoms. The summed E-state index contributed by atoms with van der Waals surface area (Å²) < 4.78 is 6.09. The van der Waals surface area contributed by atoms with Crippen molar-refractivity contribution >= 4 is 33.8 Å². The first-order valence-electron chi connectivity index (χ1n) is 7.85. The van der Waals surface area contributed by atoms with Gasteiger partial charge in [0, 0.05) is 16.4 Å². The Kier molecular flexibility index (Phi) is 5.80. The lowest BCUT2D eigenvalue weighted by atomic mass is 10.1. The first-order chi connectivity index (χ1) is 12.2. The molecular formula is C20H18BrN3O. The summed E-state index contributed by atoms with van der Waals surface area (Å²) in [5, 5.41) is 3.37. The minimum Gasteiger partial charge on any atom is -0.495 e. The molecule has 1 N–H and O–H groups in total. The third-order valence-corrected chi connectivity index (χ3v) is 4.08. The molecule has 0 spiro atoms. The topological polar surface area (TPSA) is 47.0 Å². The molecule has 126 valence electrons. The van der Waals surface area contributed by atoms with Crippen LogP contribution in [0.4, 0.5) is 5.69 Å². The fourth-order valence-electron chi connectivity index (χ4n) is 2.21. The minimum absolute atomic E-state index is 0.693. The van der Waals surface area contributed by atoms with E-state index in [1.54, 1.807) is 19.5 Å². The van der Waals surface area contributed by atoms with Gasteiger partial charge in [-0.3, -0.25) is 9.97 Å². The Morgan fingerprint density at radius 2 is 1.80 bits per heavy atom. The fraction of sp³-hybridized carbons (Fsp3) is 0.100. The molecule has 0 aliphatic heterocycles. The number of anilines is 1. The molecule has 0 fully saturated rings. The number of hydrogen-bond donors (Lipinski definition) is 1. The lowest BCUT2D eigenvalue weighted by Gasteiger charge is -2.06. The molecule has 2 aromatic heterocycles. The molecule has 0 atom stereocenters. The summed E-state index contributed by atoms with van der Waals surface area (Å²) in [6.07, 6.45) is 7.53. The maximum absolute atomic E-state index is 5.11. The van der Waals surface area contributed by atoms with Crippen LogP contribution in [-0.4, -0.2) is 17.1 Å². The van der Waals surface area contributed by atoms with Gasteiger partial charge in [-0.05, 0) is 64.0 Å². The number of hydrogen-bond acceptors (Lipinski definition) is 4. The van der Waals surface area contributed by atoms with Crippen LogP contribution < -0.4 is 10.1 Å². The van der Waals surface area contributed by atoms with Gasteiger partial charge in [0.25, 0.3) is 0 Å². The van der Waals surface area contributed by atoms with Crippen molar-refractivity contribution in [2.24, 2.45) is 0 Å². The van der Waals surface area contributed by atoms with Gasteiger partial charge in [-0.1, -0.05) is 18.2 Å². The van der Waals surface area contributed by atoms with Gasteiger partial charge in [0.05, 0.1) is 31.2 Å². The Bertz CT molecular complexity index is 828. The average molecular weight is 396 g/mol. The molecule has 0 aliphatic rings. The van der Waals surface area contributed by atoms with Gasteiger partial charge in [0.1, 0.15) is 5.75 Å². The third kappa shape index (κ3) is 5.16. The predicted octanol–water partition coefficient (Wildman–Crippen LogP) is 5.03. The molecule has 1 aromatic carbocycles. The van der Waals surface area contributed by atoms with Gasteiger partial charge in [0.2, 0.25) is 0 Å². The Morgan fingerprint density at radius 1 is 0.960 bits per heavy atom. The number of methoxy groups -OCH3 is 1. The number of pyridine rings is 2. The van der Waals surface area contributed by atoms with Crippen LogP contribution in [0.2, 0.25) is 0 Å². The molecule has 0 amide bonds. The molecular weight excluding hydrogens is 378 g/mol. The lowest BCUT2D eigenvalue weighted by Crippen LogP contribution is -2.01. The summed E-state index contributed by atoms with van der Waals surface area (Å²) in [5.74, 6) is 0.757. The molecule has 3 rings (SSSR count). The van der Waals surface area contributed by atoms with Crippen LogP contribution in [0.25, 0.3) is 12.2 Å². The molecule has 2 heterocycles. The number of halogens is 1. The fourth-order valence-corrected chi connectivity index (χ4v) is 2.44. The molecule has 0 saturated carbocycles. The highest BCUT2D eigenvalue weighted by Gasteiger charge is 1.97. The van der Waals surface area contributed by atoms with Crippen LogP contribution in [0.5, 0.6) is 5.75 Å². The molecule has 0 aliphatic carbocycles. The summed E-state index contributed by atoms with van der Waals surface area (Å²) >= 11 is 3.39. The van der Waals surface area contributed by atoms with Gasteiger partial charge in [0.15, 0.2) is 0 Å². The zero-order valence-corrected chi connectivity index (χ0v) is 15.4. The Balaban J connectivity index is 1.57. The number of nitrogens with one attached hydrogen (secondary N) is 1. The molecule has 0 radical (unpaired) electrons. The second-order valence-corrected chi connectivity index (χ2v) is 6.32. The second-order valence-electron chi connectivity index (χ2n) is 5.40. The van der Waals surface area contributed by atoms with E-state index in [0.29, 0.717) is 6.54 Å². The minimum atomic E-state index is 0.693. The van der Waals surface area contributed by atoms with Crippen molar-refractivity contribution in [3.63, 3.8) is 0 Å². The Hall–Kier alpha value is -2.66. The van der Waals surface area contributed by atoms with Crippen molar-refractivity contribution in [1.29, 1.82) is 0 Å². The number of rotatable bonds is 6. The SMILES string of the molecule is COc1ccc(/C=C/c2ccc(NCc3ccc(Br)cn3)cc2)nc1. The van der Waals surface area contributed by atoms with E-state index < -0.39 is 0 Å². The maximum atomic E-state index is 5.11. The smallest absolute Gasteiger partial charge is 0.137 e. The maximum Gasteiger partial charge on any atom is 0.137 e. The summed E-state index contributed by atoms with van der Waals surface area (Å²) in [5.41, 5.74) is 4.07. The van der Waals surface area contributed by atoms with Gasteiger partial charge >= 0.3 is 0 Å². The monoisotopic (exact) mass is 395 g/mol. The van der Waals surface area contributed by atoms with Crippen LogP contribution in [0, 0.1) is 0 Å². The molecule has 25 heavy (non-hydrogen) atoms. The van der Waals surface area contributed by atoms with Gasteiger partial charge in [-0.15, -0.1) is 0 Å². The van der Waals surface area contributed by atoms with Crippen molar-refractivity contribution in [2.45, 2.75) is 6.54 Å². The lowest BCUT2D eigenvalue weighted by molar-refractivity contribution is 0.413. The summed E-state index contributed by atoms with van der Waals surface area (Å²) in [6, 6.07) is 16.1. The Morgan fingerprint density at radius 3 is 2.44 bits per heavy atom. The first kappa shape index (κ1) is 17.2. The highest BCUT2D eigenvalue weighted by Crippen LogP contribution is 2.15. The molecule has 0 unspecified atom stereocenters. The first-order valence-corrected chi connectivity index (χ1v) is 8.65. The molecule has 4 nitrogen and oxygen atoms in total. The van der Waals surface area contributed by atoms with Crippen LogP contribution in [0.1, 0.15) is 17.0 Å². The van der Waals surface area contributed by atoms with Crippen molar-refractivity contribution in [2.75, 3.05) is 12.4 Å². The highest BCUT2D eigenvalue weighted by atomic mass is 79.9. The standard InChI is InChI=1S/C20H18BrN3O/c1-25-20-11-10-18(24-14-20)8-4-15-2-6-17(7-3-15)23-13-19-9-5-16(21)12-22-19/h2-12,14,23H,13H2,1H3/b8-4+. The average Bonchev–Trinajstić information content (AvgIpc) is 2.67. The quantitative estimate of drug-likeness (QED) is 0.635. The van der Waals surface area contributed by atoms with Crippen LogP contribution in [0.15, 0.2) is 65.4 Å². The van der Waals surface area contributed by atoms with E-state index in [0.717, 1.165) is 32.9 Å². The molecule has 0 saturated heterocycles. The van der Waals surface area contributed by atoms with Gasteiger partial charge in [-0.2, -0.15) is 0 Å². The summed E-state index contributed by atoms with van der Waals surface area (Å²) in [7, 11) is 1.63. The van der Waals surface area contributed by atoms with E-state index >= 15 is 0 Å². The normalized spacial score (nSPS) is 10.8. The van der Waals surface area contributed by atoms with E-state index in [4.69, 9.17) is 4.74 Å². The van der Waals surface area contributed by atoms with E-state index in [9.17, 15) is 0 Å². The van der Waals surface area contributed by atoms with Crippen LogP contribution in [-0.2, 0) is 6.54 Å². The summed E-state index contributed by atoms with van der Waals surface area (Å²) in [6.45, 7) is 0.693. The predicted molar refractivity (Wildman–Crippen MR) is 105 cm³/mol. The van der Waals surface area contributed by atoms with Crippen molar-refractivity contribution in [3.8, 4) is 5.75 Å². The number of aromatic nitrogens is 2. The summed E-state index contributed by atoms with van der Waals surface area (Å²) in [4.78, 5) is 8.67. The van der Waals surface area contributed by atoms with E-state index in [1.807, 2.05) is 36.4 Å². The zero-order valence-electron chi connectivity index (χ0n) is 13.8. The van der Waals surface area contributed by atoms with Crippen molar-refractivity contribution < 1.29 is 4.74 Å².